The lowest BCUT2D eigenvalue weighted by Gasteiger charge is -2.36. The van der Waals surface area contributed by atoms with Crippen LogP contribution in [-0.4, -0.2) is 26.7 Å². The number of hydrogen-bond acceptors (Lipinski definition) is 4. The predicted octanol–water partition coefficient (Wildman–Crippen LogP) is 5.73. The molecule has 29 heavy (non-hydrogen) atoms. The van der Waals surface area contributed by atoms with Crippen LogP contribution in [0.15, 0.2) is 58.8 Å². The lowest BCUT2D eigenvalue weighted by molar-refractivity contribution is 0.398. The molecule has 0 bridgehead atoms. The van der Waals surface area contributed by atoms with Crippen LogP contribution in [0.2, 0.25) is 10.0 Å². The Bertz CT molecular complexity index is 1110. The van der Waals surface area contributed by atoms with Crippen LogP contribution in [0.4, 0.5) is 0 Å². The molecule has 0 radical (unpaired) electrons. The lowest BCUT2D eigenvalue weighted by Crippen LogP contribution is -2.45. The van der Waals surface area contributed by atoms with Crippen LogP contribution in [0, 0.1) is 0 Å². The third-order valence-corrected chi connectivity index (χ3v) is 5.64. The molecule has 2 aromatic carbocycles. The van der Waals surface area contributed by atoms with Gasteiger partial charge in [0.1, 0.15) is 0 Å². The molecular weight excluding hydrogens is 427 g/mol. The zero-order valence-electron chi connectivity index (χ0n) is 15.8. The minimum absolute atomic E-state index is 0.253. The van der Waals surface area contributed by atoms with Gasteiger partial charge in [0.15, 0.2) is 5.11 Å². The predicted molar refractivity (Wildman–Crippen MR) is 120 cm³/mol. The van der Waals surface area contributed by atoms with Crippen molar-refractivity contribution in [2.24, 2.45) is 0 Å². The molecule has 0 fully saturated rings. The average molecular weight is 445 g/mol. The van der Waals surface area contributed by atoms with Gasteiger partial charge in [-0.1, -0.05) is 52.6 Å². The molecule has 0 saturated heterocycles. The Labute approximate surface area is 184 Å². The van der Waals surface area contributed by atoms with Crippen molar-refractivity contribution in [3.05, 3.63) is 75.7 Å². The maximum Gasteiger partial charge on any atom is 0.258 e. The molecule has 1 atom stereocenters. The maximum absolute atomic E-state index is 6.23. The Morgan fingerprint density at radius 1 is 1.14 bits per heavy atom. The van der Waals surface area contributed by atoms with Gasteiger partial charge in [0.25, 0.3) is 5.89 Å². The number of aromatic nitrogens is 2. The number of halogens is 2. The average Bonchev–Trinajstić information content (AvgIpc) is 3.17. The van der Waals surface area contributed by atoms with Crippen molar-refractivity contribution in [3.8, 4) is 11.4 Å². The van der Waals surface area contributed by atoms with Gasteiger partial charge in [-0.05, 0) is 55.9 Å². The summed E-state index contributed by atoms with van der Waals surface area (Å²) in [4.78, 5) is 6.66. The number of allylic oxidation sites excluding steroid dienone is 1. The van der Waals surface area contributed by atoms with E-state index in [0.29, 0.717) is 26.9 Å². The second-order valence-electron chi connectivity index (χ2n) is 6.61. The number of thiocarbonyl (C=S) groups is 1. The van der Waals surface area contributed by atoms with Crippen LogP contribution < -0.4 is 5.32 Å². The molecule has 2 heterocycles. The SMILES string of the molecule is CCN1C(=S)NC(c2cccc(Cl)c2)C(c2nc(-c3cccc(Cl)c3)no2)=C1C. The van der Waals surface area contributed by atoms with Gasteiger partial charge < -0.3 is 14.7 Å². The van der Waals surface area contributed by atoms with E-state index in [1.165, 1.54) is 0 Å². The first kappa shape index (κ1) is 19.9. The largest absolute Gasteiger partial charge is 0.351 e. The number of nitrogens with one attached hydrogen (secondary N) is 1. The van der Waals surface area contributed by atoms with Gasteiger partial charge in [-0.25, -0.2) is 0 Å². The molecule has 3 aromatic rings. The van der Waals surface area contributed by atoms with Crippen LogP contribution in [0.3, 0.4) is 0 Å². The third kappa shape index (κ3) is 3.88. The molecule has 8 heteroatoms. The Kier molecular flexibility index (Phi) is 5.58. The Morgan fingerprint density at radius 3 is 2.55 bits per heavy atom. The fourth-order valence-electron chi connectivity index (χ4n) is 3.45. The minimum Gasteiger partial charge on any atom is -0.351 e. The summed E-state index contributed by atoms with van der Waals surface area (Å²) in [5, 5.41) is 9.47. The van der Waals surface area contributed by atoms with Gasteiger partial charge in [-0.3, -0.25) is 0 Å². The highest BCUT2D eigenvalue weighted by atomic mass is 35.5. The molecule has 5 nitrogen and oxygen atoms in total. The van der Waals surface area contributed by atoms with Gasteiger partial charge in [0, 0.05) is 27.9 Å². The molecule has 1 aliphatic heterocycles. The summed E-state index contributed by atoms with van der Waals surface area (Å²) >= 11 is 17.9. The summed E-state index contributed by atoms with van der Waals surface area (Å²) in [5.41, 5.74) is 3.58. The topological polar surface area (TPSA) is 54.2 Å². The van der Waals surface area contributed by atoms with Crippen LogP contribution in [0.25, 0.3) is 17.0 Å². The smallest absolute Gasteiger partial charge is 0.258 e. The summed E-state index contributed by atoms with van der Waals surface area (Å²) in [6.07, 6.45) is 0. The first-order valence-electron chi connectivity index (χ1n) is 9.12. The first-order chi connectivity index (χ1) is 14.0. The molecule has 0 spiro atoms. The summed E-state index contributed by atoms with van der Waals surface area (Å²) in [7, 11) is 0. The van der Waals surface area contributed by atoms with E-state index in [0.717, 1.165) is 28.9 Å². The van der Waals surface area contributed by atoms with Gasteiger partial charge in [-0.15, -0.1) is 0 Å². The number of nitrogens with zero attached hydrogens (tertiary/aromatic N) is 3. The van der Waals surface area contributed by atoms with E-state index in [4.69, 9.17) is 39.9 Å². The van der Waals surface area contributed by atoms with Gasteiger partial charge in [0.2, 0.25) is 5.82 Å². The van der Waals surface area contributed by atoms with E-state index in [1.54, 1.807) is 12.1 Å². The molecular formula is C21H18Cl2N4OS. The van der Waals surface area contributed by atoms with Crippen molar-refractivity contribution in [2.45, 2.75) is 19.9 Å². The summed E-state index contributed by atoms with van der Waals surface area (Å²) in [6.45, 7) is 4.77. The van der Waals surface area contributed by atoms with Gasteiger partial charge >= 0.3 is 0 Å². The van der Waals surface area contributed by atoms with Gasteiger partial charge in [0.05, 0.1) is 11.6 Å². The zero-order chi connectivity index (χ0) is 20.5. The minimum atomic E-state index is -0.253. The van der Waals surface area contributed by atoms with E-state index in [9.17, 15) is 0 Å². The second-order valence-corrected chi connectivity index (χ2v) is 7.87. The maximum atomic E-state index is 6.23. The summed E-state index contributed by atoms with van der Waals surface area (Å²) in [6, 6.07) is 14.8. The lowest BCUT2D eigenvalue weighted by atomic mass is 9.95. The highest BCUT2D eigenvalue weighted by Gasteiger charge is 2.33. The molecule has 1 aromatic heterocycles. The van der Waals surface area contributed by atoms with E-state index >= 15 is 0 Å². The van der Waals surface area contributed by atoms with Gasteiger partial charge in [-0.2, -0.15) is 4.98 Å². The summed E-state index contributed by atoms with van der Waals surface area (Å²) < 4.78 is 5.67. The number of hydrogen-bond donors (Lipinski definition) is 1. The quantitative estimate of drug-likeness (QED) is 0.518. The summed E-state index contributed by atoms with van der Waals surface area (Å²) in [5.74, 6) is 0.903. The Morgan fingerprint density at radius 2 is 1.86 bits per heavy atom. The number of benzene rings is 2. The third-order valence-electron chi connectivity index (χ3n) is 4.83. The van der Waals surface area contributed by atoms with Crippen molar-refractivity contribution in [2.75, 3.05) is 6.54 Å². The molecule has 0 saturated carbocycles. The van der Waals surface area contributed by atoms with E-state index in [2.05, 4.69) is 15.5 Å². The molecule has 0 aliphatic carbocycles. The highest BCUT2D eigenvalue weighted by molar-refractivity contribution is 7.80. The van der Waals surface area contributed by atoms with Crippen molar-refractivity contribution in [3.63, 3.8) is 0 Å². The van der Waals surface area contributed by atoms with E-state index < -0.39 is 0 Å². The normalized spacial score (nSPS) is 16.9. The van der Waals surface area contributed by atoms with Crippen LogP contribution in [0.5, 0.6) is 0 Å². The van der Waals surface area contributed by atoms with Crippen LogP contribution >= 0.6 is 35.4 Å². The monoisotopic (exact) mass is 444 g/mol. The molecule has 1 unspecified atom stereocenters. The van der Waals surface area contributed by atoms with Crippen molar-refractivity contribution in [1.82, 2.24) is 20.4 Å². The molecule has 0 amide bonds. The van der Waals surface area contributed by atoms with Crippen molar-refractivity contribution in [1.29, 1.82) is 0 Å². The number of rotatable bonds is 4. The fourth-order valence-corrected chi connectivity index (χ4v) is 4.23. The van der Waals surface area contributed by atoms with Crippen LogP contribution in [0.1, 0.15) is 31.3 Å². The van der Waals surface area contributed by atoms with Crippen LogP contribution in [-0.2, 0) is 0 Å². The molecule has 1 aliphatic rings. The molecule has 148 valence electrons. The molecule has 1 N–H and O–H groups in total. The van der Waals surface area contributed by atoms with Crippen molar-refractivity contribution >= 4 is 46.1 Å². The second kappa shape index (κ2) is 8.14. The highest BCUT2D eigenvalue weighted by Crippen LogP contribution is 2.38. The van der Waals surface area contributed by atoms with E-state index in [1.807, 2.05) is 55.1 Å². The Balaban J connectivity index is 1.83. The van der Waals surface area contributed by atoms with E-state index in [-0.39, 0.29) is 6.04 Å². The standard InChI is InChI=1S/C21H18Cl2N4OS/c1-3-27-12(2)17(18(24-21(27)29)13-6-4-8-15(22)10-13)20-25-19(26-28-20)14-7-5-9-16(23)11-14/h4-11,18H,3H2,1-2H3,(H,24,29). The Hall–Kier alpha value is -2.41. The fraction of sp³-hybridized carbons (Fsp3) is 0.190. The zero-order valence-corrected chi connectivity index (χ0v) is 18.1. The first-order valence-corrected chi connectivity index (χ1v) is 10.3. The van der Waals surface area contributed by atoms with Crippen molar-refractivity contribution < 1.29 is 4.52 Å². The molecule has 4 rings (SSSR count).